The molecule has 0 spiro atoms. The molecular weight excluding hydrogens is 613 g/mol. The highest BCUT2D eigenvalue weighted by Crippen LogP contribution is 2.44. The van der Waals surface area contributed by atoms with Gasteiger partial charge in [-0.05, 0) is 68.1 Å². The van der Waals surface area contributed by atoms with E-state index in [1.807, 2.05) is 38.4 Å². The average molecular weight is 645 g/mol. The number of benzene rings is 7. The number of nitrogens with zero attached hydrogens (tertiary/aromatic N) is 4. The summed E-state index contributed by atoms with van der Waals surface area (Å²) in [4.78, 5) is 23.1. The van der Waals surface area contributed by atoms with Gasteiger partial charge in [0, 0.05) is 30.8 Å². The topological polar surface area (TPSA) is 52.7 Å². The second-order valence-electron chi connectivity index (χ2n) is 12.7. The Kier molecular flexibility index (Phi) is 6.99. The summed E-state index contributed by atoms with van der Waals surface area (Å²) in [6.07, 6.45) is 0. The molecule has 0 fully saturated rings. The van der Waals surface area contributed by atoms with Gasteiger partial charge in [0.2, 0.25) is 0 Å². The van der Waals surface area contributed by atoms with E-state index < -0.39 is 0 Å². The van der Waals surface area contributed by atoms with Crippen LogP contribution < -0.4 is 5.69 Å². The minimum Gasteiger partial charge on any atom is -0.295 e. The molecule has 238 valence electrons. The van der Waals surface area contributed by atoms with Crippen LogP contribution in [0.2, 0.25) is 0 Å². The van der Waals surface area contributed by atoms with Gasteiger partial charge < -0.3 is 0 Å². The zero-order valence-electron chi connectivity index (χ0n) is 27.7. The van der Waals surface area contributed by atoms with Crippen molar-refractivity contribution in [2.24, 2.45) is 14.1 Å². The van der Waals surface area contributed by atoms with Crippen molar-refractivity contribution in [2.45, 2.75) is 0 Å². The molecule has 0 amide bonds. The summed E-state index contributed by atoms with van der Waals surface area (Å²) in [6, 6.07) is 54.9. The first kappa shape index (κ1) is 29.5. The molecular formula is C45H32N4O. The molecule has 2 aromatic heterocycles. The van der Waals surface area contributed by atoms with Gasteiger partial charge in [-0.3, -0.25) is 9.13 Å². The van der Waals surface area contributed by atoms with Crippen molar-refractivity contribution in [3.63, 3.8) is 0 Å². The summed E-state index contributed by atoms with van der Waals surface area (Å²) in [7, 11) is 3.63. The number of hydrogen-bond acceptors (Lipinski definition) is 3. The lowest BCUT2D eigenvalue weighted by Crippen LogP contribution is -2.19. The summed E-state index contributed by atoms with van der Waals surface area (Å²) >= 11 is 0. The fourth-order valence-electron chi connectivity index (χ4n) is 7.30. The first-order valence-corrected chi connectivity index (χ1v) is 16.8. The van der Waals surface area contributed by atoms with E-state index in [9.17, 15) is 4.79 Å². The first-order valence-electron chi connectivity index (χ1n) is 16.8. The third-order valence-electron chi connectivity index (χ3n) is 9.77. The molecule has 0 saturated heterocycles. The average Bonchev–Trinajstić information content (AvgIpc) is 3.40. The molecule has 9 aromatic rings. The Labute approximate surface area is 289 Å². The highest BCUT2D eigenvalue weighted by molar-refractivity contribution is 6.21. The molecule has 7 aromatic carbocycles. The summed E-state index contributed by atoms with van der Waals surface area (Å²) < 4.78 is 3.38. The standard InChI is InChI=1S/C45H32N4O/c1-48-40-25-24-32(27-41(40)49(2)45(48)50)31-18-13-19-33(26-31)38-28-39(47-44(46-38)30-16-7-4-8-17-30)43-36-22-11-9-20-34(36)42(29-14-5-3-6-15-29)35-21-10-12-23-37(35)43/h3-28H,1-2H3. The maximum absolute atomic E-state index is 12.6. The molecule has 5 nitrogen and oxygen atoms in total. The Morgan fingerprint density at radius 3 is 1.56 bits per heavy atom. The number of hydrogen-bond donors (Lipinski definition) is 0. The van der Waals surface area contributed by atoms with Gasteiger partial charge in [-0.25, -0.2) is 14.8 Å². The molecule has 2 heterocycles. The smallest absolute Gasteiger partial charge is 0.295 e. The second kappa shape index (κ2) is 11.8. The number of fused-ring (bicyclic) bond motifs is 3. The van der Waals surface area contributed by atoms with Crippen molar-refractivity contribution in [1.82, 2.24) is 19.1 Å². The molecule has 0 atom stereocenters. The van der Waals surface area contributed by atoms with Crippen LogP contribution in [-0.4, -0.2) is 19.1 Å². The van der Waals surface area contributed by atoms with E-state index in [2.05, 4.69) is 133 Å². The van der Waals surface area contributed by atoms with Gasteiger partial charge in [-0.15, -0.1) is 0 Å². The van der Waals surface area contributed by atoms with Gasteiger partial charge in [0.15, 0.2) is 5.82 Å². The summed E-state index contributed by atoms with van der Waals surface area (Å²) in [5.41, 5.74) is 11.0. The Bertz CT molecular complexity index is 2740. The molecule has 0 saturated carbocycles. The van der Waals surface area contributed by atoms with Crippen LogP contribution in [0.3, 0.4) is 0 Å². The number of imidazole rings is 1. The van der Waals surface area contributed by atoms with E-state index in [0.717, 1.165) is 61.0 Å². The molecule has 0 N–H and O–H groups in total. The monoisotopic (exact) mass is 644 g/mol. The number of aromatic nitrogens is 4. The van der Waals surface area contributed by atoms with Crippen LogP contribution in [0.1, 0.15) is 0 Å². The minimum atomic E-state index is -0.0373. The summed E-state index contributed by atoms with van der Waals surface area (Å²) in [6.45, 7) is 0. The van der Waals surface area contributed by atoms with E-state index in [-0.39, 0.29) is 5.69 Å². The Balaban J connectivity index is 1.29. The maximum Gasteiger partial charge on any atom is 0.328 e. The van der Waals surface area contributed by atoms with Crippen molar-refractivity contribution >= 4 is 32.6 Å². The van der Waals surface area contributed by atoms with Gasteiger partial charge in [-0.2, -0.15) is 0 Å². The van der Waals surface area contributed by atoms with Gasteiger partial charge >= 0.3 is 5.69 Å². The van der Waals surface area contributed by atoms with Gasteiger partial charge in [0.05, 0.1) is 22.4 Å². The highest BCUT2D eigenvalue weighted by atomic mass is 16.1. The molecule has 5 heteroatoms. The fourth-order valence-corrected chi connectivity index (χ4v) is 7.30. The lowest BCUT2D eigenvalue weighted by Gasteiger charge is -2.18. The largest absolute Gasteiger partial charge is 0.328 e. The van der Waals surface area contributed by atoms with E-state index in [0.29, 0.717) is 5.82 Å². The van der Waals surface area contributed by atoms with Crippen molar-refractivity contribution in [1.29, 1.82) is 0 Å². The zero-order valence-corrected chi connectivity index (χ0v) is 27.7. The number of aryl methyl sites for hydroxylation is 2. The first-order chi connectivity index (χ1) is 24.5. The van der Waals surface area contributed by atoms with Crippen LogP contribution in [0.4, 0.5) is 0 Å². The Morgan fingerprint density at radius 2 is 0.900 bits per heavy atom. The predicted octanol–water partition coefficient (Wildman–Crippen LogP) is 10.3. The van der Waals surface area contributed by atoms with Crippen LogP contribution >= 0.6 is 0 Å². The Hall–Kier alpha value is -6.59. The predicted molar refractivity (Wildman–Crippen MR) is 206 cm³/mol. The maximum atomic E-state index is 12.6. The van der Waals surface area contributed by atoms with Crippen LogP contribution in [0.15, 0.2) is 163 Å². The van der Waals surface area contributed by atoms with E-state index >= 15 is 0 Å². The zero-order chi connectivity index (χ0) is 33.8. The van der Waals surface area contributed by atoms with E-state index in [1.165, 1.54) is 21.9 Å². The van der Waals surface area contributed by atoms with Crippen molar-refractivity contribution < 1.29 is 0 Å². The molecule has 0 aliphatic heterocycles. The summed E-state index contributed by atoms with van der Waals surface area (Å²) in [5, 5.41) is 4.65. The van der Waals surface area contributed by atoms with Gasteiger partial charge in [-0.1, -0.05) is 133 Å². The molecule has 0 aliphatic rings. The molecule has 50 heavy (non-hydrogen) atoms. The van der Waals surface area contributed by atoms with Crippen molar-refractivity contribution in [2.75, 3.05) is 0 Å². The minimum absolute atomic E-state index is 0.0373. The molecule has 0 bridgehead atoms. The van der Waals surface area contributed by atoms with Crippen LogP contribution in [-0.2, 0) is 14.1 Å². The third-order valence-corrected chi connectivity index (χ3v) is 9.77. The van der Waals surface area contributed by atoms with Crippen LogP contribution in [0.5, 0.6) is 0 Å². The highest BCUT2D eigenvalue weighted by Gasteiger charge is 2.19. The number of rotatable bonds is 5. The van der Waals surface area contributed by atoms with Gasteiger partial charge in [0.25, 0.3) is 0 Å². The lowest BCUT2D eigenvalue weighted by molar-refractivity contribution is 0.795. The summed E-state index contributed by atoms with van der Waals surface area (Å²) in [5.74, 6) is 0.671. The molecule has 0 radical (unpaired) electrons. The van der Waals surface area contributed by atoms with Gasteiger partial charge in [0.1, 0.15) is 0 Å². The SMILES string of the molecule is Cn1c(=O)n(C)c2cc(-c3cccc(-c4cc(-c5c6ccccc6c(-c6ccccc6)c6ccccc56)nc(-c5ccccc5)n4)c3)ccc21. The van der Waals surface area contributed by atoms with Crippen molar-refractivity contribution in [3.05, 3.63) is 168 Å². The van der Waals surface area contributed by atoms with E-state index in [1.54, 1.807) is 9.13 Å². The van der Waals surface area contributed by atoms with Crippen LogP contribution in [0, 0.1) is 0 Å². The quantitative estimate of drug-likeness (QED) is 0.175. The molecule has 9 rings (SSSR count). The van der Waals surface area contributed by atoms with E-state index in [4.69, 9.17) is 9.97 Å². The lowest BCUT2D eigenvalue weighted by atomic mass is 9.87. The normalized spacial score (nSPS) is 11.5. The third kappa shape index (κ3) is 4.82. The second-order valence-corrected chi connectivity index (χ2v) is 12.7. The van der Waals surface area contributed by atoms with Crippen molar-refractivity contribution in [3.8, 4) is 56.2 Å². The Morgan fingerprint density at radius 1 is 0.400 bits per heavy atom. The van der Waals surface area contributed by atoms with Crippen LogP contribution in [0.25, 0.3) is 88.7 Å². The molecule has 0 aliphatic carbocycles. The molecule has 0 unspecified atom stereocenters. The fraction of sp³-hybridized carbons (Fsp3) is 0.0444.